The number of ether oxygens (including phenoxy) is 2. The van der Waals surface area contributed by atoms with Gasteiger partial charge in [-0.15, -0.1) is 0 Å². The molecular formula is C24H28F3N3O5. The first-order chi connectivity index (χ1) is 16.6. The fourth-order valence-corrected chi connectivity index (χ4v) is 3.29. The maximum absolute atomic E-state index is 13.4. The minimum Gasteiger partial charge on any atom is -0.468 e. The van der Waals surface area contributed by atoms with Crippen LogP contribution in [0.3, 0.4) is 0 Å². The monoisotopic (exact) mass is 495 g/mol. The van der Waals surface area contributed by atoms with Crippen molar-refractivity contribution in [2.75, 3.05) is 25.5 Å². The summed E-state index contributed by atoms with van der Waals surface area (Å²) in [6.45, 7) is 4.66. The summed E-state index contributed by atoms with van der Waals surface area (Å²) in [6, 6.07) is 4.40. The lowest BCUT2D eigenvalue weighted by Crippen LogP contribution is -2.30. The molecule has 190 valence electrons. The Morgan fingerprint density at radius 2 is 2.00 bits per heavy atom. The summed E-state index contributed by atoms with van der Waals surface area (Å²) in [5.74, 6) is -0.172. The number of aromatic nitrogens is 1. The van der Waals surface area contributed by atoms with Gasteiger partial charge >= 0.3 is 6.18 Å². The van der Waals surface area contributed by atoms with E-state index in [-0.39, 0.29) is 41.9 Å². The van der Waals surface area contributed by atoms with E-state index < -0.39 is 17.6 Å². The Balaban J connectivity index is 2.51. The second-order valence-corrected chi connectivity index (χ2v) is 8.19. The first kappa shape index (κ1) is 27.6. The fourth-order valence-electron chi connectivity index (χ4n) is 3.29. The van der Waals surface area contributed by atoms with Crippen molar-refractivity contribution >= 4 is 24.6 Å². The van der Waals surface area contributed by atoms with E-state index in [2.05, 4.69) is 15.0 Å². The van der Waals surface area contributed by atoms with E-state index in [1.54, 1.807) is 7.05 Å². The summed E-state index contributed by atoms with van der Waals surface area (Å²) >= 11 is 0. The van der Waals surface area contributed by atoms with Crippen LogP contribution in [0.2, 0.25) is 0 Å². The predicted molar refractivity (Wildman–Crippen MR) is 122 cm³/mol. The van der Waals surface area contributed by atoms with Crippen LogP contribution >= 0.6 is 0 Å². The number of benzene rings is 1. The van der Waals surface area contributed by atoms with Crippen LogP contribution in [0.4, 0.5) is 19.0 Å². The second kappa shape index (κ2) is 12.7. The molecule has 1 aromatic heterocycles. The number of anilines is 1. The largest absolute Gasteiger partial charge is 0.468 e. The smallest absolute Gasteiger partial charge is 0.416 e. The molecule has 0 aliphatic rings. The molecule has 0 unspecified atom stereocenters. The van der Waals surface area contributed by atoms with Gasteiger partial charge in [0.15, 0.2) is 0 Å². The molecule has 0 spiro atoms. The SMILES string of the molecule is CC(C)CCc1c(Oc2cccc(C(F)(F)F)c2)cnc(NC=O)c1C(=O)N(C)CCCOC=O. The maximum Gasteiger partial charge on any atom is 0.416 e. The molecule has 2 aromatic rings. The molecule has 0 fully saturated rings. The van der Waals surface area contributed by atoms with Crippen LogP contribution in [0.15, 0.2) is 30.5 Å². The maximum atomic E-state index is 13.4. The molecule has 1 N–H and O–H groups in total. The zero-order valence-electron chi connectivity index (χ0n) is 19.7. The number of halogens is 3. The molecule has 0 saturated heterocycles. The highest BCUT2D eigenvalue weighted by atomic mass is 19.4. The third-order valence-corrected chi connectivity index (χ3v) is 5.09. The highest BCUT2D eigenvalue weighted by Crippen LogP contribution is 2.36. The quantitative estimate of drug-likeness (QED) is 0.320. The van der Waals surface area contributed by atoms with E-state index >= 15 is 0 Å². The van der Waals surface area contributed by atoms with E-state index in [1.165, 1.54) is 23.2 Å². The number of alkyl halides is 3. The van der Waals surface area contributed by atoms with Crippen LogP contribution in [0, 0.1) is 5.92 Å². The van der Waals surface area contributed by atoms with E-state index in [9.17, 15) is 27.6 Å². The predicted octanol–water partition coefficient (Wildman–Crippen LogP) is 4.68. The summed E-state index contributed by atoms with van der Waals surface area (Å²) in [5, 5.41) is 2.42. The molecule has 0 radical (unpaired) electrons. The Morgan fingerprint density at radius 1 is 1.26 bits per heavy atom. The normalized spacial score (nSPS) is 11.2. The van der Waals surface area contributed by atoms with Crippen LogP contribution in [-0.4, -0.2) is 48.9 Å². The van der Waals surface area contributed by atoms with E-state index in [0.717, 1.165) is 12.1 Å². The molecule has 1 heterocycles. The summed E-state index contributed by atoms with van der Waals surface area (Å²) in [6.07, 6.45) is -1.52. The van der Waals surface area contributed by atoms with Crippen molar-refractivity contribution in [3.8, 4) is 11.5 Å². The zero-order chi connectivity index (χ0) is 26.0. The number of amides is 2. The van der Waals surface area contributed by atoms with Crippen LogP contribution in [-0.2, 0) is 26.9 Å². The van der Waals surface area contributed by atoms with E-state index in [0.29, 0.717) is 37.7 Å². The number of nitrogens with zero attached hydrogens (tertiary/aromatic N) is 2. The molecule has 8 nitrogen and oxygen atoms in total. The summed E-state index contributed by atoms with van der Waals surface area (Å²) in [5.41, 5.74) is -0.378. The van der Waals surface area contributed by atoms with E-state index in [1.807, 2.05) is 13.8 Å². The van der Waals surface area contributed by atoms with Gasteiger partial charge in [-0.1, -0.05) is 19.9 Å². The molecule has 2 amide bonds. The lowest BCUT2D eigenvalue weighted by atomic mass is 9.97. The summed E-state index contributed by atoms with van der Waals surface area (Å²) in [7, 11) is 1.54. The van der Waals surface area contributed by atoms with Crippen LogP contribution in [0.1, 0.15) is 48.2 Å². The minimum atomic E-state index is -4.55. The third kappa shape index (κ3) is 7.97. The number of carbonyl (C=O) groups is 3. The number of hydrogen-bond acceptors (Lipinski definition) is 6. The number of carbonyl (C=O) groups excluding carboxylic acids is 3. The summed E-state index contributed by atoms with van der Waals surface area (Å²) in [4.78, 5) is 40.4. The average Bonchev–Trinajstić information content (AvgIpc) is 2.80. The Labute approximate surface area is 201 Å². The van der Waals surface area contributed by atoms with Crippen molar-refractivity contribution in [3.05, 3.63) is 47.2 Å². The molecule has 1 aromatic carbocycles. The first-order valence-electron chi connectivity index (χ1n) is 11.0. The van der Waals surface area contributed by atoms with Crippen molar-refractivity contribution in [1.82, 2.24) is 9.88 Å². The van der Waals surface area contributed by atoms with Crippen LogP contribution in [0.25, 0.3) is 0 Å². The topological polar surface area (TPSA) is 97.8 Å². The van der Waals surface area contributed by atoms with Gasteiger partial charge in [0.05, 0.1) is 23.9 Å². The number of nitrogens with one attached hydrogen (secondary N) is 1. The van der Waals surface area contributed by atoms with Gasteiger partial charge in [-0.2, -0.15) is 13.2 Å². The van der Waals surface area contributed by atoms with Crippen molar-refractivity contribution < 1.29 is 37.0 Å². The molecule has 0 bridgehead atoms. The third-order valence-electron chi connectivity index (χ3n) is 5.09. The number of rotatable bonds is 13. The number of hydrogen-bond donors (Lipinski definition) is 1. The Hall–Kier alpha value is -3.63. The molecule has 2 rings (SSSR count). The highest BCUT2D eigenvalue weighted by molar-refractivity contribution is 6.02. The van der Waals surface area contributed by atoms with Gasteiger partial charge in [-0.05, 0) is 43.4 Å². The standard InChI is InChI=1S/C24H28F3N3O5/c1-16(2)8-9-19-20(35-18-7-4-6-17(12-18)24(25,26)27)13-28-22(29-14-31)21(19)23(33)30(3)10-5-11-34-15-32/h4,6-7,12-16H,5,8-11H2,1-3H3,(H,28,29,31). The number of pyridine rings is 1. The van der Waals surface area contributed by atoms with Crippen molar-refractivity contribution in [2.45, 2.75) is 39.3 Å². The van der Waals surface area contributed by atoms with Gasteiger partial charge in [0.2, 0.25) is 6.41 Å². The lowest BCUT2D eigenvalue weighted by molar-refractivity contribution is -0.137. The Morgan fingerprint density at radius 3 is 2.63 bits per heavy atom. The molecule has 0 saturated carbocycles. The van der Waals surface area contributed by atoms with E-state index in [4.69, 9.17) is 4.74 Å². The fraction of sp³-hybridized carbons (Fsp3) is 0.417. The van der Waals surface area contributed by atoms with Crippen molar-refractivity contribution in [1.29, 1.82) is 0 Å². The second-order valence-electron chi connectivity index (χ2n) is 8.19. The molecule has 0 aliphatic carbocycles. The van der Waals surface area contributed by atoms with Crippen LogP contribution < -0.4 is 10.1 Å². The average molecular weight is 495 g/mol. The zero-order valence-corrected chi connectivity index (χ0v) is 19.7. The molecule has 0 aliphatic heterocycles. The van der Waals surface area contributed by atoms with Gasteiger partial charge in [0.25, 0.3) is 12.4 Å². The molecule has 11 heteroatoms. The molecule has 35 heavy (non-hydrogen) atoms. The first-order valence-corrected chi connectivity index (χ1v) is 11.0. The summed E-state index contributed by atoms with van der Waals surface area (Å²) < 4.78 is 49.9. The van der Waals surface area contributed by atoms with Gasteiger partial charge < -0.3 is 19.7 Å². The Kier molecular flexibility index (Phi) is 10.0. The van der Waals surface area contributed by atoms with Gasteiger partial charge in [0, 0.05) is 19.2 Å². The highest BCUT2D eigenvalue weighted by Gasteiger charge is 2.31. The molecular weight excluding hydrogens is 467 g/mol. The van der Waals surface area contributed by atoms with Crippen molar-refractivity contribution in [3.63, 3.8) is 0 Å². The van der Waals surface area contributed by atoms with Crippen molar-refractivity contribution in [2.24, 2.45) is 5.92 Å². The van der Waals surface area contributed by atoms with Gasteiger partial charge in [-0.3, -0.25) is 14.4 Å². The Bertz CT molecular complexity index is 1030. The molecule has 0 atom stereocenters. The van der Waals surface area contributed by atoms with Gasteiger partial charge in [0.1, 0.15) is 17.3 Å². The lowest BCUT2D eigenvalue weighted by Gasteiger charge is -2.22. The van der Waals surface area contributed by atoms with Crippen LogP contribution in [0.5, 0.6) is 11.5 Å². The minimum absolute atomic E-state index is 0.0103. The van der Waals surface area contributed by atoms with Gasteiger partial charge in [-0.25, -0.2) is 4.98 Å².